The molecule has 0 aliphatic carbocycles. The molecule has 2 N–H and O–H groups in total. The summed E-state index contributed by atoms with van der Waals surface area (Å²) in [7, 11) is 0. The van der Waals surface area contributed by atoms with Crippen LogP contribution >= 0.6 is 13.5 Å². The largest absolute Gasteiger partial charge is 0.461 e. The van der Waals surface area contributed by atoms with Gasteiger partial charge in [-0.25, -0.2) is 4.79 Å². The number of nitrogens with one attached hydrogen (secondary N) is 1. The van der Waals surface area contributed by atoms with Crippen LogP contribution in [0.4, 0.5) is 0 Å². The van der Waals surface area contributed by atoms with E-state index >= 15 is 0 Å². The van der Waals surface area contributed by atoms with Crippen LogP contribution in [-0.4, -0.2) is 40.5 Å². The number of rotatable bonds is 7. The Balaban J connectivity index is 0. The summed E-state index contributed by atoms with van der Waals surface area (Å²) in [6.45, 7) is 9.51. The van der Waals surface area contributed by atoms with Gasteiger partial charge in [-0.3, -0.25) is 9.59 Å². The second kappa shape index (κ2) is 9.04. The Morgan fingerprint density at radius 2 is 1.67 bits per heavy atom. The van der Waals surface area contributed by atoms with Crippen molar-refractivity contribution in [2.75, 3.05) is 0 Å². The summed E-state index contributed by atoms with van der Waals surface area (Å²) in [5, 5.41) is 12.5. The van der Waals surface area contributed by atoms with Crippen LogP contribution in [0.2, 0.25) is 0 Å². The molecule has 0 rings (SSSR count). The average molecular weight is 321 g/mol. The molecule has 0 aromatic heterocycles. The Morgan fingerprint density at radius 3 is 2.00 bits per heavy atom. The predicted molar refractivity (Wildman–Crippen MR) is 84.3 cm³/mol. The lowest BCUT2D eigenvalue weighted by Gasteiger charge is -2.24. The first-order valence-electron chi connectivity index (χ1n) is 6.70. The van der Waals surface area contributed by atoms with Crippen molar-refractivity contribution >= 4 is 31.2 Å². The lowest BCUT2D eigenvalue weighted by Crippen LogP contribution is -2.48. The minimum Gasteiger partial charge on any atom is -0.461 e. The van der Waals surface area contributed by atoms with Crippen LogP contribution < -0.4 is 5.32 Å². The molecule has 2 unspecified atom stereocenters. The average Bonchev–Trinajstić information content (AvgIpc) is 2.23. The quantitative estimate of drug-likeness (QED) is 0.680. The van der Waals surface area contributed by atoms with E-state index in [1.165, 1.54) is 13.8 Å². The van der Waals surface area contributed by atoms with Crippen molar-refractivity contribution in [1.29, 1.82) is 0 Å². The zero-order valence-electron chi connectivity index (χ0n) is 13.5. The van der Waals surface area contributed by atoms with Crippen molar-refractivity contribution in [2.24, 2.45) is 5.92 Å². The smallest absolute Gasteiger partial charge is 0.338 e. The molecule has 1 amide bonds. The lowest BCUT2D eigenvalue weighted by molar-refractivity contribution is -0.170. The van der Waals surface area contributed by atoms with Crippen molar-refractivity contribution in [1.82, 2.24) is 5.32 Å². The van der Waals surface area contributed by atoms with E-state index in [4.69, 9.17) is 4.74 Å². The first-order valence-corrected chi connectivity index (χ1v) is 6.70. The van der Waals surface area contributed by atoms with Crippen molar-refractivity contribution in [3.8, 4) is 0 Å². The van der Waals surface area contributed by atoms with Crippen molar-refractivity contribution < 1.29 is 24.2 Å². The monoisotopic (exact) mass is 321 g/mol. The van der Waals surface area contributed by atoms with Gasteiger partial charge in [-0.05, 0) is 33.6 Å². The number of aliphatic hydroxyl groups is 1. The molecular formula is C14H27NO5S. The molecule has 0 saturated carbocycles. The Morgan fingerprint density at radius 1 is 1.19 bits per heavy atom. The fourth-order valence-corrected chi connectivity index (χ4v) is 1.69. The normalized spacial score (nSPS) is 14.9. The van der Waals surface area contributed by atoms with Crippen molar-refractivity contribution in [2.45, 2.75) is 65.7 Å². The maximum Gasteiger partial charge on any atom is 0.338 e. The van der Waals surface area contributed by atoms with Gasteiger partial charge < -0.3 is 15.2 Å². The Labute approximate surface area is 133 Å². The summed E-state index contributed by atoms with van der Waals surface area (Å²) in [5.41, 5.74) is -1.91. The van der Waals surface area contributed by atoms with Gasteiger partial charge in [-0.1, -0.05) is 13.8 Å². The number of Topliss-reactive ketones (excluding diaryl/α,β-unsaturated/α-hetero) is 1. The molecule has 2 atom stereocenters. The zero-order valence-corrected chi connectivity index (χ0v) is 14.5. The fraction of sp³-hybridized carbons (Fsp3) is 0.786. The van der Waals surface area contributed by atoms with Crippen LogP contribution in [0.25, 0.3) is 0 Å². The molecule has 0 aromatic carbocycles. The van der Waals surface area contributed by atoms with E-state index in [1.807, 2.05) is 0 Å². The highest BCUT2D eigenvalue weighted by Gasteiger charge is 2.36. The highest BCUT2D eigenvalue weighted by atomic mass is 32.1. The van der Waals surface area contributed by atoms with Gasteiger partial charge in [0.25, 0.3) is 0 Å². The van der Waals surface area contributed by atoms with Gasteiger partial charge in [0.2, 0.25) is 5.91 Å². The van der Waals surface area contributed by atoms with Crippen LogP contribution in [0, 0.1) is 5.92 Å². The minimum atomic E-state index is -1.91. The Kier molecular flexibility index (Phi) is 9.56. The first-order chi connectivity index (χ1) is 8.97. The van der Waals surface area contributed by atoms with E-state index in [9.17, 15) is 19.5 Å². The van der Waals surface area contributed by atoms with Gasteiger partial charge in [0.1, 0.15) is 0 Å². The summed E-state index contributed by atoms with van der Waals surface area (Å²) in [6.07, 6.45) is -0.827. The van der Waals surface area contributed by atoms with Gasteiger partial charge in [0, 0.05) is 0 Å². The molecule has 0 fully saturated rings. The number of esters is 1. The zero-order chi connectivity index (χ0) is 16.1. The van der Waals surface area contributed by atoms with E-state index in [0.29, 0.717) is 0 Å². The topological polar surface area (TPSA) is 92.7 Å². The highest BCUT2D eigenvalue weighted by molar-refractivity contribution is 7.59. The molecule has 0 radical (unpaired) electrons. The van der Waals surface area contributed by atoms with Gasteiger partial charge >= 0.3 is 5.97 Å². The van der Waals surface area contributed by atoms with Crippen LogP contribution in [-0.2, 0) is 19.1 Å². The summed E-state index contributed by atoms with van der Waals surface area (Å²) >= 11 is 0. The fourth-order valence-electron chi connectivity index (χ4n) is 1.69. The molecule has 0 saturated heterocycles. The van der Waals surface area contributed by atoms with Crippen molar-refractivity contribution in [3.05, 3.63) is 0 Å². The van der Waals surface area contributed by atoms with Gasteiger partial charge in [0.05, 0.1) is 18.6 Å². The Hall–Kier alpha value is -1.08. The van der Waals surface area contributed by atoms with E-state index in [0.717, 1.165) is 0 Å². The molecule has 0 heterocycles. The maximum absolute atomic E-state index is 11.8. The summed E-state index contributed by atoms with van der Waals surface area (Å²) in [4.78, 5) is 34.9. The third kappa shape index (κ3) is 8.06. The third-order valence-electron chi connectivity index (χ3n) is 2.71. The molecule has 21 heavy (non-hydrogen) atoms. The number of amides is 1. The highest BCUT2D eigenvalue weighted by Crippen LogP contribution is 2.14. The molecule has 6 nitrogen and oxygen atoms in total. The minimum absolute atomic E-state index is 0. The summed E-state index contributed by atoms with van der Waals surface area (Å²) < 4.78 is 4.88. The molecule has 0 spiro atoms. The molecule has 0 aliphatic heterocycles. The predicted octanol–water partition coefficient (Wildman–Crippen LogP) is 0.922. The van der Waals surface area contributed by atoms with Gasteiger partial charge in [-0.15, -0.1) is 0 Å². The standard InChI is InChI=1S/C14H25NO5.H2S/c1-8(2)12(10(5)16)15-11(17)7-14(6,19)13(18)20-9(3)4;/h8-9,12,19H,7H2,1-6H3,(H,15,17);1H2. The molecule has 0 bridgehead atoms. The first kappa shape index (κ1) is 22.2. The second-order valence-corrected chi connectivity index (χ2v) is 5.80. The number of carbonyl (C=O) groups excluding carboxylic acids is 3. The molecule has 124 valence electrons. The molecule has 7 heteroatoms. The number of hydrogen-bond donors (Lipinski definition) is 2. The van der Waals surface area contributed by atoms with E-state index in [2.05, 4.69) is 5.32 Å². The SMILES string of the molecule is CC(=O)C(NC(=O)CC(C)(O)C(=O)OC(C)C)C(C)C.S. The lowest BCUT2D eigenvalue weighted by atomic mass is 9.98. The molecular weight excluding hydrogens is 294 g/mol. The van der Waals surface area contributed by atoms with Crippen LogP contribution in [0.1, 0.15) is 48.0 Å². The summed E-state index contributed by atoms with van der Waals surface area (Å²) in [5.74, 6) is -1.65. The number of carbonyl (C=O) groups is 3. The van der Waals surface area contributed by atoms with E-state index < -0.39 is 29.9 Å². The van der Waals surface area contributed by atoms with E-state index in [-0.39, 0.29) is 31.3 Å². The Bertz CT molecular complexity index is 380. The van der Waals surface area contributed by atoms with Crippen molar-refractivity contribution in [3.63, 3.8) is 0 Å². The molecule has 0 aromatic rings. The van der Waals surface area contributed by atoms with Gasteiger partial charge in [-0.2, -0.15) is 13.5 Å². The van der Waals surface area contributed by atoms with Crippen LogP contribution in [0.15, 0.2) is 0 Å². The number of ketones is 1. The summed E-state index contributed by atoms with van der Waals surface area (Å²) in [6, 6.07) is -0.626. The maximum atomic E-state index is 11.8. The van der Waals surface area contributed by atoms with Crippen LogP contribution in [0.3, 0.4) is 0 Å². The van der Waals surface area contributed by atoms with E-state index in [1.54, 1.807) is 27.7 Å². The third-order valence-corrected chi connectivity index (χ3v) is 2.71. The molecule has 0 aliphatic rings. The van der Waals surface area contributed by atoms with Gasteiger partial charge in [0.15, 0.2) is 11.4 Å². The van der Waals surface area contributed by atoms with Crippen LogP contribution in [0.5, 0.6) is 0 Å². The second-order valence-electron chi connectivity index (χ2n) is 5.80. The number of ether oxygens (including phenoxy) is 1. The number of hydrogen-bond acceptors (Lipinski definition) is 5.